The monoisotopic (exact) mass is 411 g/mol. The van der Waals surface area contributed by atoms with E-state index in [1.807, 2.05) is 41.0 Å². The highest BCUT2D eigenvalue weighted by Crippen LogP contribution is 2.32. The molecule has 2 aromatic carbocycles. The van der Waals surface area contributed by atoms with Gasteiger partial charge in [-0.25, -0.2) is 9.97 Å². The van der Waals surface area contributed by atoms with Crippen LogP contribution in [0.1, 0.15) is 5.56 Å². The Morgan fingerprint density at radius 2 is 2.04 bits per heavy atom. The molecule has 2 aromatic heterocycles. The Hall–Kier alpha value is -2.77. The molecule has 4 aromatic rings. The first-order valence-electron chi connectivity index (χ1n) is 8.69. The van der Waals surface area contributed by atoms with E-state index in [2.05, 4.69) is 27.1 Å². The SMILES string of the molecule is COc1ccc(Sc2nc3c([nH]2)c(=N)ncn3CCc2ccccc2)cc1Cl. The van der Waals surface area contributed by atoms with Crippen LogP contribution >= 0.6 is 23.4 Å². The van der Waals surface area contributed by atoms with Gasteiger partial charge in [0, 0.05) is 11.4 Å². The second kappa shape index (κ2) is 8.08. The van der Waals surface area contributed by atoms with Crippen molar-refractivity contribution in [2.75, 3.05) is 7.11 Å². The molecule has 0 amide bonds. The number of H-pyrrole nitrogens is 1. The van der Waals surface area contributed by atoms with Gasteiger partial charge < -0.3 is 14.3 Å². The molecule has 2 heterocycles. The maximum Gasteiger partial charge on any atom is 0.173 e. The molecule has 0 aliphatic rings. The van der Waals surface area contributed by atoms with Crippen LogP contribution in [0.5, 0.6) is 5.75 Å². The zero-order valence-corrected chi connectivity index (χ0v) is 16.7. The standard InChI is InChI=1S/C20H18ClN5OS/c1-27-16-8-7-14(11-15(16)21)28-20-24-17-18(22)23-12-26(19(17)25-20)10-9-13-5-3-2-4-6-13/h2-8,11-12,22H,9-10H2,1H3,(H,24,25). The molecule has 0 aliphatic carbocycles. The topological polar surface area (TPSA) is 79.6 Å². The molecule has 0 unspecified atom stereocenters. The zero-order valence-electron chi connectivity index (χ0n) is 15.1. The van der Waals surface area contributed by atoms with Gasteiger partial charge in [-0.05, 0) is 30.2 Å². The number of aromatic nitrogens is 4. The van der Waals surface area contributed by atoms with E-state index < -0.39 is 0 Å². The molecule has 2 N–H and O–H groups in total. The molecule has 28 heavy (non-hydrogen) atoms. The molecule has 0 fully saturated rings. The van der Waals surface area contributed by atoms with E-state index in [0.29, 0.717) is 21.4 Å². The van der Waals surface area contributed by atoms with Crippen LogP contribution in [0.3, 0.4) is 0 Å². The third-order valence-corrected chi connectivity index (χ3v) is 5.49. The first kappa shape index (κ1) is 18.6. The number of rotatable bonds is 6. The van der Waals surface area contributed by atoms with Gasteiger partial charge >= 0.3 is 0 Å². The highest BCUT2D eigenvalue weighted by Gasteiger charge is 2.11. The van der Waals surface area contributed by atoms with Crippen LogP contribution < -0.4 is 10.2 Å². The molecule has 8 heteroatoms. The molecule has 0 atom stereocenters. The number of nitrogens with one attached hydrogen (secondary N) is 2. The van der Waals surface area contributed by atoms with Gasteiger partial charge in [-0.3, -0.25) is 5.41 Å². The summed E-state index contributed by atoms with van der Waals surface area (Å²) in [4.78, 5) is 13.0. The van der Waals surface area contributed by atoms with Crippen molar-refractivity contribution in [1.29, 1.82) is 5.41 Å². The van der Waals surface area contributed by atoms with Crippen molar-refractivity contribution in [1.82, 2.24) is 19.5 Å². The Balaban J connectivity index is 1.61. The van der Waals surface area contributed by atoms with Crippen molar-refractivity contribution in [2.24, 2.45) is 0 Å². The van der Waals surface area contributed by atoms with Crippen LogP contribution in [0.25, 0.3) is 11.2 Å². The predicted octanol–water partition coefficient (Wildman–Crippen LogP) is 4.29. The van der Waals surface area contributed by atoms with Crippen LogP contribution in [0, 0.1) is 5.41 Å². The number of hydrogen-bond donors (Lipinski definition) is 2. The number of methoxy groups -OCH3 is 1. The third kappa shape index (κ3) is 3.90. The summed E-state index contributed by atoms with van der Waals surface area (Å²) >= 11 is 7.66. The van der Waals surface area contributed by atoms with Crippen LogP contribution in [-0.2, 0) is 13.0 Å². The lowest BCUT2D eigenvalue weighted by Gasteiger charge is -2.06. The maximum absolute atomic E-state index is 8.09. The minimum atomic E-state index is 0.179. The Morgan fingerprint density at radius 3 is 2.79 bits per heavy atom. The zero-order chi connectivity index (χ0) is 19.5. The fourth-order valence-electron chi connectivity index (χ4n) is 2.89. The summed E-state index contributed by atoms with van der Waals surface area (Å²) < 4.78 is 7.17. The summed E-state index contributed by atoms with van der Waals surface area (Å²) in [5, 5.41) is 9.33. The number of imidazole rings is 1. The molecule has 0 saturated heterocycles. The van der Waals surface area contributed by atoms with E-state index >= 15 is 0 Å². The molecule has 142 valence electrons. The fraction of sp³-hybridized carbons (Fsp3) is 0.150. The highest BCUT2D eigenvalue weighted by atomic mass is 35.5. The lowest BCUT2D eigenvalue weighted by atomic mass is 10.1. The number of halogens is 1. The smallest absolute Gasteiger partial charge is 0.173 e. The number of benzene rings is 2. The normalized spacial score (nSPS) is 11.1. The van der Waals surface area contributed by atoms with Gasteiger partial charge in [0.15, 0.2) is 16.3 Å². The molecular formula is C20H18ClN5OS. The van der Waals surface area contributed by atoms with Crippen molar-refractivity contribution in [3.63, 3.8) is 0 Å². The fourth-order valence-corrected chi connectivity index (χ4v) is 4.03. The summed E-state index contributed by atoms with van der Waals surface area (Å²) in [5.74, 6) is 0.632. The van der Waals surface area contributed by atoms with Crippen LogP contribution in [-0.4, -0.2) is 26.6 Å². The molecule has 6 nitrogen and oxygen atoms in total. The summed E-state index contributed by atoms with van der Waals surface area (Å²) in [6.07, 6.45) is 2.54. The van der Waals surface area contributed by atoms with E-state index in [9.17, 15) is 0 Å². The van der Waals surface area contributed by atoms with E-state index in [1.54, 1.807) is 13.4 Å². The lowest BCUT2D eigenvalue weighted by Crippen LogP contribution is -2.13. The van der Waals surface area contributed by atoms with Crippen LogP contribution in [0.2, 0.25) is 5.02 Å². The van der Waals surface area contributed by atoms with E-state index in [1.165, 1.54) is 17.3 Å². The minimum absolute atomic E-state index is 0.179. The van der Waals surface area contributed by atoms with Gasteiger partial charge in [-0.2, -0.15) is 0 Å². The molecule has 0 radical (unpaired) electrons. The van der Waals surface area contributed by atoms with E-state index in [-0.39, 0.29) is 5.49 Å². The first-order valence-corrected chi connectivity index (χ1v) is 9.88. The van der Waals surface area contributed by atoms with Crippen molar-refractivity contribution < 1.29 is 4.74 Å². The number of nitrogens with zero attached hydrogens (tertiary/aromatic N) is 3. The van der Waals surface area contributed by atoms with Gasteiger partial charge in [0.2, 0.25) is 0 Å². The highest BCUT2D eigenvalue weighted by molar-refractivity contribution is 7.99. The summed E-state index contributed by atoms with van der Waals surface area (Å²) in [6, 6.07) is 15.9. The quantitative estimate of drug-likeness (QED) is 0.496. The molecular weight excluding hydrogens is 394 g/mol. The van der Waals surface area contributed by atoms with Gasteiger partial charge in [-0.15, -0.1) is 0 Å². The lowest BCUT2D eigenvalue weighted by molar-refractivity contribution is 0.414. The third-order valence-electron chi connectivity index (χ3n) is 4.32. The largest absolute Gasteiger partial charge is 0.495 e. The number of ether oxygens (including phenoxy) is 1. The Labute approximate surface area is 171 Å². The molecule has 0 saturated carbocycles. The van der Waals surface area contributed by atoms with Crippen molar-refractivity contribution in [3.8, 4) is 5.75 Å². The van der Waals surface area contributed by atoms with Crippen LogP contribution in [0.4, 0.5) is 0 Å². The van der Waals surface area contributed by atoms with Gasteiger partial charge in [-0.1, -0.05) is 53.7 Å². The second-order valence-corrected chi connectivity index (χ2v) is 7.63. The number of hydrogen-bond acceptors (Lipinski definition) is 5. The average molecular weight is 412 g/mol. The second-order valence-electron chi connectivity index (χ2n) is 6.16. The maximum atomic E-state index is 8.09. The average Bonchev–Trinajstić information content (AvgIpc) is 3.13. The van der Waals surface area contributed by atoms with E-state index in [0.717, 1.165) is 23.5 Å². The molecule has 0 aliphatic heterocycles. The first-order chi connectivity index (χ1) is 13.6. The Kier molecular flexibility index (Phi) is 5.36. The summed E-state index contributed by atoms with van der Waals surface area (Å²) in [5.41, 5.74) is 2.77. The number of fused-ring (bicyclic) bond motifs is 1. The van der Waals surface area contributed by atoms with Crippen LogP contribution in [0.15, 0.2) is 64.9 Å². The predicted molar refractivity (Wildman–Crippen MR) is 110 cm³/mol. The molecule has 0 spiro atoms. The van der Waals surface area contributed by atoms with Gasteiger partial charge in [0.1, 0.15) is 11.3 Å². The Morgan fingerprint density at radius 1 is 1.21 bits per heavy atom. The number of aromatic amines is 1. The summed E-state index contributed by atoms with van der Waals surface area (Å²) in [6.45, 7) is 0.733. The van der Waals surface area contributed by atoms with Crippen molar-refractivity contribution >= 4 is 34.5 Å². The van der Waals surface area contributed by atoms with Crippen molar-refractivity contribution in [3.05, 3.63) is 70.9 Å². The molecule has 4 rings (SSSR count). The molecule has 0 bridgehead atoms. The minimum Gasteiger partial charge on any atom is -0.495 e. The number of aryl methyl sites for hydroxylation is 2. The Bertz CT molecular complexity index is 1170. The van der Waals surface area contributed by atoms with Gasteiger partial charge in [0.05, 0.1) is 18.5 Å². The summed E-state index contributed by atoms with van der Waals surface area (Å²) in [7, 11) is 1.59. The van der Waals surface area contributed by atoms with Gasteiger partial charge in [0.25, 0.3) is 0 Å². The van der Waals surface area contributed by atoms with E-state index in [4.69, 9.17) is 21.7 Å². The van der Waals surface area contributed by atoms with Crippen molar-refractivity contribution in [2.45, 2.75) is 23.0 Å².